The molecular formula is C11H15BrN2O2. The smallest absolute Gasteiger partial charge is 0.220 e. The van der Waals surface area contributed by atoms with Gasteiger partial charge in [-0.05, 0) is 19.1 Å². The van der Waals surface area contributed by atoms with Crippen LogP contribution in [0.3, 0.4) is 0 Å². The zero-order chi connectivity index (χ0) is 12.1. The summed E-state index contributed by atoms with van der Waals surface area (Å²) in [6, 6.07) is 5.52. The fourth-order valence-corrected chi connectivity index (χ4v) is 1.61. The molecule has 1 rings (SSSR count). The topological polar surface area (TPSA) is 78.3 Å². The minimum atomic E-state index is -0.377. The molecule has 0 aliphatic carbocycles. The molecule has 1 aromatic rings. The second kappa shape index (κ2) is 5.86. The maximum atomic E-state index is 10.6. The van der Waals surface area contributed by atoms with Gasteiger partial charge in [0, 0.05) is 16.1 Å². The van der Waals surface area contributed by atoms with Crippen molar-refractivity contribution in [3.8, 4) is 5.75 Å². The van der Waals surface area contributed by atoms with E-state index in [9.17, 15) is 4.79 Å². The molecule has 0 spiro atoms. The number of carbonyl (C=O) groups is 1. The van der Waals surface area contributed by atoms with Gasteiger partial charge >= 0.3 is 0 Å². The Hall–Kier alpha value is -1.07. The van der Waals surface area contributed by atoms with Gasteiger partial charge in [0.1, 0.15) is 5.75 Å². The molecule has 0 aliphatic heterocycles. The monoisotopic (exact) mass is 286 g/mol. The summed E-state index contributed by atoms with van der Waals surface area (Å²) >= 11 is 3.35. The van der Waals surface area contributed by atoms with E-state index < -0.39 is 0 Å². The summed E-state index contributed by atoms with van der Waals surface area (Å²) in [5.74, 6) is 0.308. The van der Waals surface area contributed by atoms with Crippen molar-refractivity contribution >= 4 is 21.8 Å². The lowest BCUT2D eigenvalue weighted by atomic mass is 10.1. The van der Waals surface area contributed by atoms with E-state index in [0.29, 0.717) is 5.75 Å². The Labute approximate surface area is 103 Å². The van der Waals surface area contributed by atoms with E-state index in [1.807, 2.05) is 25.1 Å². The maximum absolute atomic E-state index is 10.6. The van der Waals surface area contributed by atoms with Crippen molar-refractivity contribution in [1.29, 1.82) is 0 Å². The van der Waals surface area contributed by atoms with Gasteiger partial charge < -0.3 is 16.2 Å². The minimum absolute atomic E-state index is 0.114. The first-order chi connectivity index (χ1) is 7.50. The largest absolute Gasteiger partial charge is 0.493 e. The zero-order valence-electron chi connectivity index (χ0n) is 9.07. The molecule has 88 valence electrons. The molecule has 0 heterocycles. The molecule has 0 radical (unpaired) electrons. The molecule has 4 N–H and O–H groups in total. The molecule has 0 bridgehead atoms. The SMILES string of the molecule is C[C@@H](N)c1ccc(Br)cc1OCCC(N)=O. The van der Waals surface area contributed by atoms with Crippen LogP contribution in [0.4, 0.5) is 0 Å². The molecule has 0 saturated carbocycles. The van der Waals surface area contributed by atoms with Crippen LogP contribution in [0.2, 0.25) is 0 Å². The fraction of sp³-hybridized carbons (Fsp3) is 0.364. The van der Waals surface area contributed by atoms with Crippen molar-refractivity contribution in [2.24, 2.45) is 11.5 Å². The number of amides is 1. The van der Waals surface area contributed by atoms with Crippen LogP contribution in [-0.2, 0) is 4.79 Å². The van der Waals surface area contributed by atoms with Crippen LogP contribution in [0.5, 0.6) is 5.75 Å². The molecule has 0 aliphatic rings. The molecule has 1 aromatic carbocycles. The predicted octanol–water partition coefficient (Wildman–Crippen LogP) is 1.72. The highest BCUT2D eigenvalue weighted by atomic mass is 79.9. The van der Waals surface area contributed by atoms with Gasteiger partial charge in [0.25, 0.3) is 0 Å². The highest BCUT2D eigenvalue weighted by Gasteiger charge is 2.08. The first kappa shape index (κ1) is 13.0. The van der Waals surface area contributed by atoms with E-state index in [4.69, 9.17) is 16.2 Å². The van der Waals surface area contributed by atoms with Crippen LogP contribution in [0.25, 0.3) is 0 Å². The Kier molecular flexibility index (Phi) is 4.76. The Bertz CT molecular complexity index is 380. The molecule has 0 fully saturated rings. The van der Waals surface area contributed by atoms with Gasteiger partial charge in [-0.25, -0.2) is 0 Å². The molecule has 0 aromatic heterocycles. The van der Waals surface area contributed by atoms with E-state index >= 15 is 0 Å². The molecule has 5 heteroatoms. The number of nitrogens with two attached hydrogens (primary N) is 2. The van der Waals surface area contributed by atoms with E-state index in [1.54, 1.807) is 0 Å². The summed E-state index contributed by atoms with van der Waals surface area (Å²) in [7, 11) is 0. The lowest BCUT2D eigenvalue weighted by Gasteiger charge is -2.13. The van der Waals surface area contributed by atoms with E-state index in [0.717, 1.165) is 10.0 Å². The third-order valence-electron chi connectivity index (χ3n) is 2.07. The van der Waals surface area contributed by atoms with Crippen LogP contribution in [0.15, 0.2) is 22.7 Å². The van der Waals surface area contributed by atoms with Crippen molar-refractivity contribution in [2.45, 2.75) is 19.4 Å². The third kappa shape index (κ3) is 3.83. The van der Waals surface area contributed by atoms with Crippen molar-refractivity contribution in [3.63, 3.8) is 0 Å². The third-order valence-corrected chi connectivity index (χ3v) is 2.57. The average molecular weight is 287 g/mol. The highest BCUT2D eigenvalue weighted by molar-refractivity contribution is 9.10. The molecule has 16 heavy (non-hydrogen) atoms. The quantitative estimate of drug-likeness (QED) is 0.865. The second-order valence-electron chi connectivity index (χ2n) is 3.54. The summed E-state index contributed by atoms with van der Waals surface area (Å²) in [6.45, 7) is 2.15. The van der Waals surface area contributed by atoms with E-state index in [2.05, 4.69) is 15.9 Å². The molecule has 0 unspecified atom stereocenters. The van der Waals surface area contributed by atoms with Crippen LogP contribution < -0.4 is 16.2 Å². The van der Waals surface area contributed by atoms with Gasteiger partial charge in [-0.3, -0.25) is 4.79 Å². The second-order valence-corrected chi connectivity index (χ2v) is 4.45. The number of rotatable bonds is 5. The number of primary amides is 1. The molecule has 1 amide bonds. The van der Waals surface area contributed by atoms with Crippen molar-refractivity contribution in [3.05, 3.63) is 28.2 Å². The summed E-state index contributed by atoms with van der Waals surface area (Å²) in [6.07, 6.45) is 0.199. The first-order valence-electron chi connectivity index (χ1n) is 4.97. The predicted molar refractivity (Wildman–Crippen MR) is 66.1 cm³/mol. The summed E-state index contributed by atoms with van der Waals surface area (Å²) in [4.78, 5) is 10.6. The van der Waals surface area contributed by atoms with Gasteiger partial charge in [0.15, 0.2) is 0 Å². The Morgan fingerprint density at radius 2 is 2.25 bits per heavy atom. The Morgan fingerprint density at radius 3 is 2.81 bits per heavy atom. The van der Waals surface area contributed by atoms with E-state index in [-0.39, 0.29) is 25.0 Å². The number of hydrogen-bond acceptors (Lipinski definition) is 3. The minimum Gasteiger partial charge on any atom is -0.493 e. The van der Waals surface area contributed by atoms with Crippen molar-refractivity contribution < 1.29 is 9.53 Å². The van der Waals surface area contributed by atoms with Gasteiger partial charge in [0.2, 0.25) is 5.91 Å². The van der Waals surface area contributed by atoms with E-state index in [1.165, 1.54) is 0 Å². The van der Waals surface area contributed by atoms with Crippen LogP contribution >= 0.6 is 15.9 Å². The Morgan fingerprint density at radius 1 is 1.56 bits per heavy atom. The standard InChI is InChI=1S/C11H15BrN2O2/c1-7(13)9-3-2-8(12)6-10(9)16-5-4-11(14)15/h2-3,6-7H,4-5,13H2,1H3,(H2,14,15)/t7-/m1/s1. The van der Waals surface area contributed by atoms with Gasteiger partial charge in [-0.15, -0.1) is 0 Å². The molecule has 0 saturated heterocycles. The normalized spacial score (nSPS) is 12.2. The first-order valence-corrected chi connectivity index (χ1v) is 5.76. The number of hydrogen-bond donors (Lipinski definition) is 2. The van der Waals surface area contributed by atoms with Crippen LogP contribution in [0.1, 0.15) is 24.9 Å². The van der Waals surface area contributed by atoms with Crippen LogP contribution in [0, 0.1) is 0 Å². The summed E-state index contributed by atoms with van der Waals surface area (Å²) < 4.78 is 6.39. The Balaban J connectivity index is 2.76. The van der Waals surface area contributed by atoms with Crippen LogP contribution in [-0.4, -0.2) is 12.5 Å². The number of benzene rings is 1. The molecule has 1 atom stereocenters. The number of carbonyl (C=O) groups excluding carboxylic acids is 1. The molecular weight excluding hydrogens is 272 g/mol. The fourth-order valence-electron chi connectivity index (χ4n) is 1.27. The summed E-state index contributed by atoms with van der Waals surface area (Å²) in [5, 5.41) is 0. The molecule has 4 nitrogen and oxygen atoms in total. The number of halogens is 1. The maximum Gasteiger partial charge on any atom is 0.220 e. The highest BCUT2D eigenvalue weighted by Crippen LogP contribution is 2.27. The zero-order valence-corrected chi connectivity index (χ0v) is 10.7. The van der Waals surface area contributed by atoms with Crippen molar-refractivity contribution in [1.82, 2.24) is 0 Å². The average Bonchev–Trinajstić information content (AvgIpc) is 2.16. The lowest BCUT2D eigenvalue weighted by Crippen LogP contribution is -2.15. The number of ether oxygens (including phenoxy) is 1. The van der Waals surface area contributed by atoms with Gasteiger partial charge in [-0.1, -0.05) is 22.0 Å². The van der Waals surface area contributed by atoms with Gasteiger partial charge in [-0.2, -0.15) is 0 Å². The van der Waals surface area contributed by atoms with Gasteiger partial charge in [0.05, 0.1) is 13.0 Å². The lowest BCUT2D eigenvalue weighted by molar-refractivity contribution is -0.118. The van der Waals surface area contributed by atoms with Crippen molar-refractivity contribution in [2.75, 3.05) is 6.61 Å². The summed E-state index contributed by atoms with van der Waals surface area (Å²) in [5.41, 5.74) is 11.8.